The van der Waals surface area contributed by atoms with Crippen molar-refractivity contribution in [2.75, 3.05) is 6.61 Å². The molecule has 1 saturated heterocycles. The van der Waals surface area contributed by atoms with E-state index < -0.39 is 11.8 Å². The number of hydrazone groups is 1. The van der Waals surface area contributed by atoms with Gasteiger partial charge in [-0.1, -0.05) is 60.7 Å². The fourth-order valence-corrected chi connectivity index (χ4v) is 5.75. The molecule has 1 heterocycles. The Balaban J connectivity index is 1.40. The number of benzene rings is 3. The fraction of sp³-hybridized carbons (Fsp3) is 0.222. The van der Waals surface area contributed by atoms with E-state index in [2.05, 4.69) is 29.4 Å². The van der Waals surface area contributed by atoms with Crippen molar-refractivity contribution >= 4 is 18.0 Å². The summed E-state index contributed by atoms with van der Waals surface area (Å²) in [5.74, 6) is -0.750. The molecule has 158 valence electrons. The minimum Gasteiger partial charge on any atom is -0.494 e. The molecule has 3 aliphatic carbocycles. The van der Waals surface area contributed by atoms with Crippen LogP contribution in [0.5, 0.6) is 5.75 Å². The lowest BCUT2D eigenvalue weighted by molar-refractivity contribution is -0.139. The first-order chi connectivity index (χ1) is 15.7. The number of carbonyl (C=O) groups excluding carboxylic acids is 2. The van der Waals surface area contributed by atoms with Crippen molar-refractivity contribution in [3.05, 3.63) is 101 Å². The Hall–Kier alpha value is -3.73. The number of imide groups is 1. The fourth-order valence-electron chi connectivity index (χ4n) is 5.75. The van der Waals surface area contributed by atoms with Crippen molar-refractivity contribution in [2.45, 2.75) is 18.8 Å². The van der Waals surface area contributed by atoms with Gasteiger partial charge in [0, 0.05) is 11.8 Å². The lowest BCUT2D eigenvalue weighted by Crippen LogP contribution is -2.41. The smallest absolute Gasteiger partial charge is 0.254 e. The van der Waals surface area contributed by atoms with Crippen molar-refractivity contribution < 1.29 is 14.3 Å². The van der Waals surface area contributed by atoms with Gasteiger partial charge in [-0.3, -0.25) is 9.59 Å². The third-order valence-corrected chi connectivity index (χ3v) is 6.92. The van der Waals surface area contributed by atoms with Crippen molar-refractivity contribution in [3.8, 4) is 5.75 Å². The van der Waals surface area contributed by atoms with Crippen LogP contribution in [0, 0.1) is 11.8 Å². The number of hydrogen-bond donors (Lipinski definition) is 0. The Labute approximate surface area is 186 Å². The maximum atomic E-state index is 13.5. The summed E-state index contributed by atoms with van der Waals surface area (Å²) >= 11 is 0. The molecule has 0 N–H and O–H groups in total. The Bertz CT molecular complexity index is 1170. The summed E-state index contributed by atoms with van der Waals surface area (Å²) in [6.45, 7) is 2.49. The molecule has 3 aromatic carbocycles. The van der Waals surface area contributed by atoms with Crippen LogP contribution >= 0.6 is 0 Å². The van der Waals surface area contributed by atoms with Crippen molar-refractivity contribution in [1.82, 2.24) is 5.01 Å². The zero-order valence-electron chi connectivity index (χ0n) is 17.6. The predicted octanol–water partition coefficient (Wildman–Crippen LogP) is 4.31. The van der Waals surface area contributed by atoms with Crippen LogP contribution in [-0.4, -0.2) is 29.6 Å². The third-order valence-electron chi connectivity index (χ3n) is 6.92. The average molecular weight is 422 g/mol. The average Bonchev–Trinajstić information content (AvgIpc) is 3.08. The van der Waals surface area contributed by atoms with Gasteiger partial charge in [0.2, 0.25) is 0 Å². The lowest BCUT2D eigenvalue weighted by Gasteiger charge is -2.45. The monoisotopic (exact) mass is 422 g/mol. The van der Waals surface area contributed by atoms with Crippen LogP contribution < -0.4 is 4.74 Å². The van der Waals surface area contributed by atoms with Crippen LogP contribution in [0.25, 0.3) is 0 Å². The van der Waals surface area contributed by atoms with E-state index in [1.807, 2.05) is 55.5 Å². The van der Waals surface area contributed by atoms with E-state index in [0.717, 1.165) is 38.6 Å². The van der Waals surface area contributed by atoms with Gasteiger partial charge in [0.15, 0.2) is 0 Å². The number of carbonyl (C=O) groups is 2. The van der Waals surface area contributed by atoms with Gasteiger partial charge in [0.1, 0.15) is 5.75 Å². The van der Waals surface area contributed by atoms with Gasteiger partial charge in [0.05, 0.1) is 24.7 Å². The summed E-state index contributed by atoms with van der Waals surface area (Å²) in [5, 5.41) is 5.45. The molecular formula is C27H22N2O3. The molecule has 1 aliphatic heterocycles. The SMILES string of the molecule is CCOc1cccc(/C=N\N2C(=O)[C@@H]3C4c5ccccc5C(c5ccccc54)[C@@H]3C2=O)c1. The highest BCUT2D eigenvalue weighted by Gasteiger charge is 2.61. The Morgan fingerprint density at radius 3 is 1.84 bits per heavy atom. The highest BCUT2D eigenvalue weighted by atomic mass is 16.5. The summed E-state index contributed by atoms with van der Waals surface area (Å²) in [5.41, 5.74) is 5.42. The minimum absolute atomic E-state index is 0.115. The molecule has 3 aromatic rings. The highest BCUT2D eigenvalue weighted by Crippen LogP contribution is 2.60. The van der Waals surface area contributed by atoms with Gasteiger partial charge in [0.25, 0.3) is 11.8 Å². The van der Waals surface area contributed by atoms with E-state index in [1.165, 1.54) is 0 Å². The van der Waals surface area contributed by atoms with E-state index in [1.54, 1.807) is 6.21 Å². The van der Waals surface area contributed by atoms with Crippen LogP contribution in [0.1, 0.15) is 46.6 Å². The number of ether oxygens (including phenoxy) is 1. The number of nitrogens with zero attached hydrogens (tertiary/aromatic N) is 2. The highest BCUT2D eigenvalue weighted by molar-refractivity contribution is 6.08. The molecule has 2 bridgehead atoms. The quantitative estimate of drug-likeness (QED) is 0.465. The Morgan fingerprint density at radius 2 is 1.34 bits per heavy atom. The summed E-state index contributed by atoms with van der Waals surface area (Å²) in [4.78, 5) is 27.0. The van der Waals surface area contributed by atoms with Crippen molar-refractivity contribution in [3.63, 3.8) is 0 Å². The van der Waals surface area contributed by atoms with E-state index >= 15 is 0 Å². The molecule has 1 fully saturated rings. The van der Waals surface area contributed by atoms with Gasteiger partial charge < -0.3 is 4.74 Å². The van der Waals surface area contributed by atoms with Gasteiger partial charge >= 0.3 is 0 Å². The molecule has 7 rings (SSSR count). The van der Waals surface area contributed by atoms with Crippen LogP contribution in [0.3, 0.4) is 0 Å². The molecule has 0 saturated carbocycles. The summed E-state index contributed by atoms with van der Waals surface area (Å²) in [6.07, 6.45) is 1.57. The van der Waals surface area contributed by atoms with E-state index in [0.29, 0.717) is 6.61 Å². The summed E-state index contributed by atoms with van der Waals surface area (Å²) < 4.78 is 5.54. The molecule has 0 spiro atoms. The number of rotatable bonds is 4. The third kappa shape index (κ3) is 2.60. The molecule has 0 unspecified atom stereocenters. The predicted molar refractivity (Wildman–Crippen MR) is 121 cm³/mol. The Morgan fingerprint density at radius 1 is 0.812 bits per heavy atom. The first-order valence-corrected chi connectivity index (χ1v) is 11.0. The van der Waals surface area contributed by atoms with Gasteiger partial charge in [-0.25, -0.2) is 0 Å². The largest absolute Gasteiger partial charge is 0.494 e. The Kier molecular flexibility index (Phi) is 4.25. The normalized spacial score (nSPS) is 25.1. The first kappa shape index (κ1) is 19.0. The molecule has 5 nitrogen and oxygen atoms in total. The van der Waals surface area contributed by atoms with Gasteiger partial charge in [-0.05, 0) is 46.9 Å². The molecule has 32 heavy (non-hydrogen) atoms. The van der Waals surface area contributed by atoms with E-state index in [9.17, 15) is 9.59 Å². The second-order valence-electron chi connectivity index (χ2n) is 8.50. The summed E-state index contributed by atoms with van der Waals surface area (Å²) in [6, 6.07) is 23.9. The maximum absolute atomic E-state index is 13.5. The van der Waals surface area contributed by atoms with Gasteiger partial charge in [-0.2, -0.15) is 10.1 Å². The standard InChI is InChI=1S/C27H22N2O3/c1-2-32-17-9-7-8-16(14-17)15-28-29-26(30)24-22-18-10-3-4-11-19(18)23(25(24)27(29)31)21-13-6-5-12-20(21)22/h3-15,22-25H,2H2,1H3/b28-15-/t22?,23?,24-,25+. The van der Waals surface area contributed by atoms with E-state index in [4.69, 9.17) is 4.74 Å². The number of hydrogen-bond acceptors (Lipinski definition) is 4. The summed E-state index contributed by atoms with van der Waals surface area (Å²) in [7, 11) is 0. The molecule has 0 radical (unpaired) electrons. The molecule has 2 atom stereocenters. The maximum Gasteiger partial charge on any atom is 0.254 e. The van der Waals surface area contributed by atoms with Crippen LogP contribution in [0.15, 0.2) is 77.9 Å². The molecule has 4 aliphatic rings. The minimum atomic E-state index is -0.413. The first-order valence-electron chi connectivity index (χ1n) is 11.0. The van der Waals surface area contributed by atoms with Crippen molar-refractivity contribution in [2.24, 2.45) is 16.9 Å². The van der Waals surface area contributed by atoms with Gasteiger partial charge in [-0.15, -0.1) is 0 Å². The van der Waals surface area contributed by atoms with E-state index in [-0.39, 0.29) is 23.7 Å². The molecule has 5 heteroatoms. The van der Waals surface area contributed by atoms with Crippen LogP contribution in [0.4, 0.5) is 0 Å². The van der Waals surface area contributed by atoms with Crippen molar-refractivity contribution in [1.29, 1.82) is 0 Å². The van der Waals surface area contributed by atoms with Crippen LogP contribution in [-0.2, 0) is 9.59 Å². The molecule has 0 aromatic heterocycles. The molecule has 2 amide bonds. The second kappa shape index (κ2) is 7.16. The van der Waals surface area contributed by atoms with Crippen LogP contribution in [0.2, 0.25) is 0 Å². The zero-order chi connectivity index (χ0) is 21.8. The lowest BCUT2D eigenvalue weighted by atomic mass is 9.55. The topological polar surface area (TPSA) is 59.0 Å². The number of amides is 2. The second-order valence-corrected chi connectivity index (χ2v) is 8.50. The zero-order valence-corrected chi connectivity index (χ0v) is 17.6. The molecular weight excluding hydrogens is 400 g/mol.